The first-order valence-electron chi connectivity index (χ1n) is 9.76. The maximum atomic E-state index is 12.9. The predicted octanol–water partition coefficient (Wildman–Crippen LogP) is 5.88. The smallest absolute Gasteiger partial charge is 0.259 e. The number of nitrogens with zero attached hydrogens (tertiary/aromatic N) is 1. The third kappa shape index (κ3) is 3.60. The molecule has 1 N–H and O–H groups in total. The number of para-hydroxylation sites is 1. The summed E-state index contributed by atoms with van der Waals surface area (Å²) < 4.78 is 5.90. The van der Waals surface area contributed by atoms with Gasteiger partial charge in [0, 0.05) is 16.0 Å². The van der Waals surface area contributed by atoms with Gasteiger partial charge >= 0.3 is 0 Å². The molecule has 31 heavy (non-hydrogen) atoms. The number of carbonyl (C=O) groups is 2. The Morgan fingerprint density at radius 1 is 0.935 bits per heavy atom. The molecule has 0 saturated carbocycles. The number of hydrogen-bond acceptors (Lipinski definition) is 3. The highest BCUT2D eigenvalue weighted by Gasteiger charge is 2.31. The molecule has 5 nitrogen and oxygen atoms in total. The largest absolute Gasteiger partial charge is 0.455 e. The van der Waals surface area contributed by atoms with E-state index in [2.05, 4.69) is 5.32 Å². The molecule has 6 heteroatoms. The maximum Gasteiger partial charge on any atom is 0.259 e. The molecule has 0 unspecified atom stereocenters. The van der Waals surface area contributed by atoms with Crippen LogP contribution in [0.15, 0.2) is 84.9 Å². The van der Waals surface area contributed by atoms with E-state index in [1.165, 1.54) is 4.90 Å². The Morgan fingerprint density at radius 2 is 1.71 bits per heavy atom. The van der Waals surface area contributed by atoms with Crippen LogP contribution in [0.4, 0.5) is 11.4 Å². The molecule has 1 aliphatic rings. The number of halogens is 1. The van der Waals surface area contributed by atoms with Gasteiger partial charge in [0.25, 0.3) is 5.91 Å². The summed E-state index contributed by atoms with van der Waals surface area (Å²) in [4.78, 5) is 27.3. The van der Waals surface area contributed by atoms with Gasteiger partial charge in [-0.2, -0.15) is 0 Å². The number of rotatable bonds is 5. The molecule has 0 atom stereocenters. The maximum absolute atomic E-state index is 12.9. The van der Waals surface area contributed by atoms with Crippen LogP contribution in [0.25, 0.3) is 10.8 Å². The molecule has 4 aromatic rings. The summed E-state index contributed by atoms with van der Waals surface area (Å²) in [6.07, 6.45) is 0. The molecule has 0 aromatic heterocycles. The lowest BCUT2D eigenvalue weighted by molar-refractivity contribution is -0.114. The van der Waals surface area contributed by atoms with E-state index in [0.29, 0.717) is 27.8 Å². The van der Waals surface area contributed by atoms with Crippen molar-refractivity contribution in [1.82, 2.24) is 0 Å². The monoisotopic (exact) mass is 428 g/mol. The Morgan fingerprint density at radius 3 is 2.52 bits per heavy atom. The lowest BCUT2D eigenvalue weighted by atomic mass is 10.1. The van der Waals surface area contributed by atoms with Gasteiger partial charge in [-0.05, 0) is 47.9 Å². The van der Waals surface area contributed by atoms with Crippen molar-refractivity contribution >= 4 is 45.6 Å². The lowest BCUT2D eigenvalue weighted by Crippen LogP contribution is -2.35. The lowest BCUT2D eigenvalue weighted by Gasteiger charge is -2.18. The fourth-order valence-electron chi connectivity index (χ4n) is 3.77. The van der Waals surface area contributed by atoms with E-state index in [1.54, 1.807) is 24.3 Å². The molecule has 0 aliphatic carbocycles. The molecule has 2 amide bonds. The number of ether oxygens (including phenoxy) is 1. The van der Waals surface area contributed by atoms with Crippen molar-refractivity contribution in [3.8, 4) is 11.5 Å². The van der Waals surface area contributed by atoms with Crippen molar-refractivity contribution in [2.75, 3.05) is 16.8 Å². The quantitative estimate of drug-likeness (QED) is 0.431. The minimum Gasteiger partial charge on any atom is -0.455 e. The van der Waals surface area contributed by atoms with E-state index in [9.17, 15) is 9.59 Å². The number of benzene rings is 4. The molecule has 0 saturated heterocycles. The highest BCUT2D eigenvalue weighted by atomic mass is 35.5. The van der Waals surface area contributed by atoms with Crippen molar-refractivity contribution in [3.63, 3.8) is 0 Å². The van der Waals surface area contributed by atoms with Gasteiger partial charge in [-0.1, -0.05) is 54.1 Å². The first-order chi connectivity index (χ1) is 15.1. The van der Waals surface area contributed by atoms with Gasteiger partial charge < -0.3 is 10.1 Å². The van der Waals surface area contributed by atoms with Gasteiger partial charge in [-0.15, -0.1) is 0 Å². The second-order valence-electron chi connectivity index (χ2n) is 7.18. The normalized spacial score (nSPS) is 12.3. The van der Waals surface area contributed by atoms with Gasteiger partial charge in [0.15, 0.2) is 5.75 Å². The van der Waals surface area contributed by atoms with E-state index in [0.717, 1.165) is 16.5 Å². The summed E-state index contributed by atoms with van der Waals surface area (Å²) in [6, 6.07) is 25.6. The Balaban J connectivity index is 1.39. The van der Waals surface area contributed by atoms with Crippen molar-refractivity contribution in [2.24, 2.45) is 0 Å². The fraction of sp³-hybridized carbons (Fsp3) is 0.0400. The van der Waals surface area contributed by atoms with Crippen LogP contribution in [-0.2, 0) is 4.79 Å². The molecule has 0 radical (unpaired) electrons. The zero-order chi connectivity index (χ0) is 21.4. The molecule has 0 bridgehead atoms. The molecular formula is C25H17ClN2O3. The Labute approximate surface area is 183 Å². The summed E-state index contributed by atoms with van der Waals surface area (Å²) in [6.45, 7) is -0.121. The summed E-state index contributed by atoms with van der Waals surface area (Å²) >= 11 is 6.14. The second-order valence-corrected chi connectivity index (χ2v) is 7.61. The Kier molecular flexibility index (Phi) is 4.81. The molecule has 5 rings (SSSR count). The fourth-order valence-corrected chi connectivity index (χ4v) is 3.95. The van der Waals surface area contributed by atoms with Crippen LogP contribution in [-0.4, -0.2) is 18.4 Å². The van der Waals surface area contributed by atoms with E-state index in [4.69, 9.17) is 16.3 Å². The average Bonchev–Trinajstić information content (AvgIpc) is 3.04. The van der Waals surface area contributed by atoms with Crippen LogP contribution in [0.2, 0.25) is 5.02 Å². The zero-order valence-electron chi connectivity index (χ0n) is 16.3. The SMILES string of the molecule is O=C(CN1C(=O)c2cccc3cccc1c23)Nc1cc(Cl)ccc1Oc1ccccc1. The van der Waals surface area contributed by atoms with Crippen LogP contribution in [0.1, 0.15) is 10.4 Å². The summed E-state index contributed by atoms with van der Waals surface area (Å²) in [7, 11) is 0. The number of amides is 2. The van der Waals surface area contributed by atoms with Crippen LogP contribution < -0.4 is 15.0 Å². The van der Waals surface area contributed by atoms with Crippen LogP contribution in [0.3, 0.4) is 0 Å². The molecule has 1 aliphatic heterocycles. The Bertz CT molecular complexity index is 1320. The molecular weight excluding hydrogens is 412 g/mol. The zero-order valence-corrected chi connectivity index (χ0v) is 17.1. The van der Waals surface area contributed by atoms with Crippen LogP contribution >= 0.6 is 11.6 Å². The highest BCUT2D eigenvalue weighted by Crippen LogP contribution is 2.37. The third-order valence-electron chi connectivity index (χ3n) is 5.14. The van der Waals surface area contributed by atoms with Crippen molar-refractivity contribution in [2.45, 2.75) is 0 Å². The predicted molar refractivity (Wildman–Crippen MR) is 122 cm³/mol. The van der Waals surface area contributed by atoms with Crippen molar-refractivity contribution in [3.05, 3.63) is 95.5 Å². The molecule has 1 heterocycles. The first-order valence-corrected chi connectivity index (χ1v) is 10.1. The molecule has 0 spiro atoms. The van der Waals surface area contributed by atoms with Gasteiger partial charge in [0.05, 0.1) is 11.4 Å². The van der Waals surface area contributed by atoms with Gasteiger partial charge in [0.2, 0.25) is 5.91 Å². The van der Waals surface area contributed by atoms with Gasteiger partial charge in [0.1, 0.15) is 12.3 Å². The second kappa shape index (κ2) is 7.78. The standard InChI is InChI=1S/C25H17ClN2O3/c26-17-12-13-22(31-18-8-2-1-3-9-18)20(14-17)27-23(29)15-28-21-11-5-7-16-6-4-10-19(24(16)21)25(28)30/h1-14H,15H2,(H,27,29). The van der Waals surface area contributed by atoms with E-state index in [-0.39, 0.29) is 18.4 Å². The first kappa shape index (κ1) is 19.2. The van der Waals surface area contributed by atoms with Crippen LogP contribution in [0.5, 0.6) is 11.5 Å². The minimum atomic E-state index is -0.349. The highest BCUT2D eigenvalue weighted by molar-refractivity contribution is 6.31. The summed E-state index contributed by atoms with van der Waals surface area (Å²) in [5.74, 6) is 0.561. The average molecular weight is 429 g/mol. The molecule has 152 valence electrons. The van der Waals surface area contributed by atoms with E-state index >= 15 is 0 Å². The Hall–Kier alpha value is -3.83. The van der Waals surface area contributed by atoms with E-state index < -0.39 is 0 Å². The number of hydrogen-bond donors (Lipinski definition) is 1. The van der Waals surface area contributed by atoms with E-state index in [1.807, 2.05) is 60.7 Å². The minimum absolute atomic E-state index is 0.121. The molecule has 4 aromatic carbocycles. The molecule has 0 fully saturated rings. The third-order valence-corrected chi connectivity index (χ3v) is 5.37. The summed E-state index contributed by atoms with van der Waals surface area (Å²) in [5, 5.41) is 5.14. The summed E-state index contributed by atoms with van der Waals surface area (Å²) in [5.41, 5.74) is 1.78. The number of carbonyl (C=O) groups excluding carboxylic acids is 2. The number of nitrogens with one attached hydrogen (secondary N) is 1. The van der Waals surface area contributed by atoms with Crippen molar-refractivity contribution in [1.29, 1.82) is 0 Å². The number of anilines is 2. The van der Waals surface area contributed by atoms with Crippen molar-refractivity contribution < 1.29 is 14.3 Å². The topological polar surface area (TPSA) is 58.6 Å². The van der Waals surface area contributed by atoms with Crippen LogP contribution in [0, 0.1) is 0 Å². The van der Waals surface area contributed by atoms with Gasteiger partial charge in [-0.25, -0.2) is 0 Å². The van der Waals surface area contributed by atoms with Gasteiger partial charge in [-0.3, -0.25) is 14.5 Å².